The van der Waals surface area contributed by atoms with Crippen LogP contribution in [0.5, 0.6) is 0 Å². The van der Waals surface area contributed by atoms with Crippen molar-refractivity contribution in [1.29, 1.82) is 0 Å². The molecule has 0 saturated heterocycles. The molecular formula is C11H23NO2. The van der Waals surface area contributed by atoms with Crippen LogP contribution < -0.4 is 5.32 Å². The zero-order chi connectivity index (χ0) is 11.1. The van der Waals surface area contributed by atoms with Crippen molar-refractivity contribution < 1.29 is 9.90 Å². The van der Waals surface area contributed by atoms with Gasteiger partial charge in [0.05, 0.1) is 5.92 Å². The molecule has 0 aromatic heterocycles. The van der Waals surface area contributed by atoms with Crippen LogP contribution >= 0.6 is 0 Å². The van der Waals surface area contributed by atoms with Crippen molar-refractivity contribution in [2.24, 2.45) is 5.92 Å². The molecule has 0 aromatic carbocycles. The van der Waals surface area contributed by atoms with Gasteiger partial charge in [-0.2, -0.15) is 0 Å². The first-order chi connectivity index (χ1) is 6.49. The summed E-state index contributed by atoms with van der Waals surface area (Å²) in [6.07, 6.45) is 3.50. The lowest BCUT2D eigenvalue weighted by atomic mass is 10.0. The van der Waals surface area contributed by atoms with Gasteiger partial charge in [-0.3, -0.25) is 4.79 Å². The number of unbranched alkanes of at least 4 members (excludes halogenated alkanes) is 1. The summed E-state index contributed by atoms with van der Waals surface area (Å²) in [6.45, 7) is 7.95. The second kappa shape index (κ2) is 6.82. The van der Waals surface area contributed by atoms with Crippen molar-refractivity contribution in [3.63, 3.8) is 0 Å². The van der Waals surface area contributed by atoms with E-state index in [1.165, 1.54) is 12.8 Å². The molecule has 0 aromatic rings. The molecule has 0 radical (unpaired) electrons. The molecule has 0 bridgehead atoms. The summed E-state index contributed by atoms with van der Waals surface area (Å²) in [7, 11) is 0. The minimum absolute atomic E-state index is 0.0411. The van der Waals surface area contributed by atoms with Crippen LogP contribution in [-0.2, 0) is 4.79 Å². The summed E-state index contributed by atoms with van der Waals surface area (Å²) in [5, 5.41) is 12.1. The molecule has 0 aliphatic carbocycles. The predicted octanol–water partition coefficient (Wildman–Crippen LogP) is 2.26. The first-order valence-corrected chi connectivity index (χ1v) is 5.47. The van der Waals surface area contributed by atoms with Gasteiger partial charge in [-0.05, 0) is 20.3 Å². The summed E-state index contributed by atoms with van der Waals surface area (Å²) in [4.78, 5) is 10.7. The smallest absolute Gasteiger partial charge is 0.307 e. The van der Waals surface area contributed by atoms with E-state index < -0.39 is 5.97 Å². The van der Waals surface area contributed by atoms with Crippen molar-refractivity contribution in [3.8, 4) is 0 Å². The fourth-order valence-electron chi connectivity index (χ4n) is 1.40. The number of hydrogen-bond acceptors (Lipinski definition) is 2. The second-order valence-corrected chi connectivity index (χ2v) is 4.13. The highest BCUT2D eigenvalue weighted by atomic mass is 16.4. The molecule has 14 heavy (non-hydrogen) atoms. The van der Waals surface area contributed by atoms with Gasteiger partial charge in [0.1, 0.15) is 0 Å². The van der Waals surface area contributed by atoms with E-state index in [4.69, 9.17) is 5.11 Å². The molecule has 0 aliphatic rings. The molecule has 0 spiro atoms. The zero-order valence-corrected chi connectivity index (χ0v) is 9.71. The molecule has 3 atom stereocenters. The van der Waals surface area contributed by atoms with Crippen molar-refractivity contribution in [2.45, 2.75) is 59.0 Å². The third-order valence-corrected chi connectivity index (χ3v) is 2.68. The van der Waals surface area contributed by atoms with Gasteiger partial charge in [-0.1, -0.05) is 26.7 Å². The molecule has 3 unspecified atom stereocenters. The van der Waals surface area contributed by atoms with Gasteiger partial charge in [0.15, 0.2) is 0 Å². The fourth-order valence-corrected chi connectivity index (χ4v) is 1.40. The molecule has 0 fully saturated rings. The van der Waals surface area contributed by atoms with Gasteiger partial charge in [-0.15, -0.1) is 0 Å². The van der Waals surface area contributed by atoms with Crippen LogP contribution in [0.3, 0.4) is 0 Å². The number of hydrogen-bond donors (Lipinski definition) is 2. The molecule has 0 rings (SSSR count). The Morgan fingerprint density at radius 2 is 1.93 bits per heavy atom. The van der Waals surface area contributed by atoms with Crippen LogP contribution in [0.25, 0.3) is 0 Å². The highest BCUT2D eigenvalue weighted by Crippen LogP contribution is 2.06. The van der Waals surface area contributed by atoms with Crippen LogP contribution in [0, 0.1) is 5.92 Å². The normalized spacial score (nSPS) is 17.4. The first-order valence-electron chi connectivity index (χ1n) is 5.47. The highest BCUT2D eigenvalue weighted by Gasteiger charge is 2.20. The van der Waals surface area contributed by atoms with E-state index in [2.05, 4.69) is 19.2 Å². The van der Waals surface area contributed by atoms with E-state index in [0.29, 0.717) is 6.04 Å². The Hall–Kier alpha value is -0.570. The van der Waals surface area contributed by atoms with E-state index in [0.717, 1.165) is 6.42 Å². The molecule has 2 N–H and O–H groups in total. The van der Waals surface area contributed by atoms with E-state index in [1.807, 2.05) is 6.92 Å². The largest absolute Gasteiger partial charge is 0.481 e. The molecule has 0 saturated carbocycles. The zero-order valence-electron chi connectivity index (χ0n) is 9.71. The number of nitrogens with one attached hydrogen (secondary N) is 1. The molecule has 0 heterocycles. The Bertz CT molecular complexity index is 171. The topological polar surface area (TPSA) is 49.3 Å². The Kier molecular flexibility index (Phi) is 6.54. The number of aliphatic carboxylic acids is 1. The number of carboxylic acids is 1. The van der Waals surface area contributed by atoms with Crippen LogP contribution in [0.4, 0.5) is 0 Å². The summed E-state index contributed by atoms with van der Waals surface area (Å²) >= 11 is 0. The van der Waals surface area contributed by atoms with E-state index in [9.17, 15) is 4.79 Å². The van der Waals surface area contributed by atoms with E-state index >= 15 is 0 Å². The number of carboxylic acid groups (broad SMARTS) is 1. The van der Waals surface area contributed by atoms with Crippen molar-refractivity contribution >= 4 is 5.97 Å². The van der Waals surface area contributed by atoms with Crippen molar-refractivity contribution in [3.05, 3.63) is 0 Å². The molecule has 84 valence electrons. The lowest BCUT2D eigenvalue weighted by Gasteiger charge is -2.22. The molecule has 3 nitrogen and oxygen atoms in total. The maximum absolute atomic E-state index is 10.7. The lowest BCUT2D eigenvalue weighted by Crippen LogP contribution is -2.41. The fraction of sp³-hybridized carbons (Fsp3) is 0.909. The minimum atomic E-state index is -0.729. The van der Waals surface area contributed by atoms with Crippen molar-refractivity contribution in [1.82, 2.24) is 5.32 Å². The van der Waals surface area contributed by atoms with Gasteiger partial charge >= 0.3 is 5.97 Å². The predicted molar refractivity (Wildman–Crippen MR) is 58.4 cm³/mol. The molecule has 0 aliphatic heterocycles. The van der Waals surface area contributed by atoms with Crippen LogP contribution in [-0.4, -0.2) is 23.2 Å². The van der Waals surface area contributed by atoms with E-state index in [-0.39, 0.29) is 12.0 Å². The first kappa shape index (κ1) is 13.4. The quantitative estimate of drug-likeness (QED) is 0.664. The Labute approximate surface area is 86.9 Å². The minimum Gasteiger partial charge on any atom is -0.481 e. The average Bonchev–Trinajstić information content (AvgIpc) is 2.13. The summed E-state index contributed by atoms with van der Waals surface area (Å²) in [5.74, 6) is -1.05. The third kappa shape index (κ3) is 5.22. The van der Waals surface area contributed by atoms with Gasteiger partial charge in [-0.25, -0.2) is 0 Å². The Balaban J connectivity index is 3.80. The van der Waals surface area contributed by atoms with Crippen LogP contribution in [0.1, 0.15) is 47.0 Å². The maximum Gasteiger partial charge on any atom is 0.307 e. The number of rotatable bonds is 7. The van der Waals surface area contributed by atoms with Crippen molar-refractivity contribution in [2.75, 3.05) is 0 Å². The Morgan fingerprint density at radius 3 is 2.36 bits per heavy atom. The van der Waals surface area contributed by atoms with Gasteiger partial charge in [0, 0.05) is 12.1 Å². The lowest BCUT2D eigenvalue weighted by molar-refractivity contribution is -0.142. The molecule has 3 heteroatoms. The molecule has 0 amide bonds. The Morgan fingerprint density at radius 1 is 1.36 bits per heavy atom. The third-order valence-electron chi connectivity index (χ3n) is 2.68. The maximum atomic E-state index is 10.7. The highest BCUT2D eigenvalue weighted by molar-refractivity contribution is 5.70. The summed E-state index contributed by atoms with van der Waals surface area (Å²) < 4.78 is 0. The SMILES string of the molecule is CCCCC(C)NC(C)C(C)C(=O)O. The van der Waals surface area contributed by atoms with E-state index in [1.54, 1.807) is 6.92 Å². The van der Waals surface area contributed by atoms with Gasteiger partial charge in [0.2, 0.25) is 0 Å². The summed E-state index contributed by atoms with van der Waals surface area (Å²) in [5.41, 5.74) is 0. The monoisotopic (exact) mass is 201 g/mol. The van der Waals surface area contributed by atoms with Gasteiger partial charge < -0.3 is 10.4 Å². The summed E-state index contributed by atoms with van der Waals surface area (Å²) in [6, 6.07) is 0.450. The average molecular weight is 201 g/mol. The number of carbonyl (C=O) groups is 1. The van der Waals surface area contributed by atoms with Gasteiger partial charge in [0.25, 0.3) is 0 Å². The van der Waals surface area contributed by atoms with Crippen LogP contribution in [0.2, 0.25) is 0 Å². The second-order valence-electron chi connectivity index (χ2n) is 4.13. The van der Waals surface area contributed by atoms with Crippen LogP contribution in [0.15, 0.2) is 0 Å². The molecular weight excluding hydrogens is 178 g/mol. The standard InChI is InChI=1S/C11H23NO2/c1-5-6-7-8(2)12-10(4)9(3)11(13)14/h8-10,12H,5-7H2,1-4H3,(H,13,14).